The average molecular weight is 323 g/mol. The van der Waals surface area contributed by atoms with Crippen LogP contribution in [-0.2, 0) is 17.6 Å². The van der Waals surface area contributed by atoms with Gasteiger partial charge in [-0.2, -0.15) is 0 Å². The minimum absolute atomic E-state index is 0.0618. The van der Waals surface area contributed by atoms with Gasteiger partial charge in [-0.15, -0.1) is 11.3 Å². The number of carbonyl (C=O) groups excluding carboxylic acids is 1. The Balaban J connectivity index is 1.45. The number of nitrogens with one attached hydrogen (secondary N) is 1. The first-order valence-electron chi connectivity index (χ1n) is 8.26. The largest absolute Gasteiger partial charge is 0.389 e. The van der Waals surface area contributed by atoms with E-state index in [0.29, 0.717) is 18.4 Å². The van der Waals surface area contributed by atoms with Crippen molar-refractivity contribution in [3.05, 3.63) is 21.4 Å². The molecule has 0 spiro atoms. The van der Waals surface area contributed by atoms with E-state index in [0.717, 1.165) is 31.4 Å². The lowest BCUT2D eigenvalue weighted by Crippen LogP contribution is -2.35. The van der Waals surface area contributed by atoms with Gasteiger partial charge in [-0.25, -0.2) is 0 Å². The summed E-state index contributed by atoms with van der Waals surface area (Å²) in [5.41, 5.74) is 2.03. The van der Waals surface area contributed by atoms with E-state index in [1.807, 2.05) is 5.38 Å². The van der Waals surface area contributed by atoms with Gasteiger partial charge in [0.05, 0.1) is 18.3 Å². The van der Waals surface area contributed by atoms with Crippen LogP contribution in [0.15, 0.2) is 5.38 Å². The summed E-state index contributed by atoms with van der Waals surface area (Å²) in [6, 6.07) is 0. The smallest absolute Gasteiger partial charge is 0.252 e. The summed E-state index contributed by atoms with van der Waals surface area (Å²) in [4.78, 5) is 13.7. The van der Waals surface area contributed by atoms with Gasteiger partial charge in [-0.1, -0.05) is 6.92 Å². The molecule has 1 heterocycles. The second kappa shape index (κ2) is 7.11. The Bertz CT molecular complexity index is 524. The van der Waals surface area contributed by atoms with Crippen molar-refractivity contribution >= 4 is 17.2 Å². The summed E-state index contributed by atoms with van der Waals surface area (Å²) in [5, 5.41) is 14.7. The molecule has 0 aliphatic heterocycles. The van der Waals surface area contributed by atoms with Crippen LogP contribution in [0.4, 0.5) is 0 Å². The number of ether oxygens (including phenoxy) is 1. The van der Waals surface area contributed by atoms with Crippen molar-refractivity contribution in [2.45, 2.75) is 45.1 Å². The van der Waals surface area contributed by atoms with Crippen molar-refractivity contribution in [3.63, 3.8) is 0 Å². The normalized spacial score (nSPS) is 22.2. The van der Waals surface area contributed by atoms with Crippen molar-refractivity contribution in [1.82, 2.24) is 5.32 Å². The molecule has 2 aliphatic rings. The summed E-state index contributed by atoms with van der Waals surface area (Å²) in [7, 11) is 0. The number of aliphatic hydroxyl groups is 1. The van der Waals surface area contributed by atoms with Crippen molar-refractivity contribution in [2.75, 3.05) is 19.8 Å². The van der Waals surface area contributed by atoms with Gasteiger partial charge in [-0.3, -0.25) is 4.79 Å². The van der Waals surface area contributed by atoms with Gasteiger partial charge in [0.1, 0.15) is 0 Å². The monoisotopic (exact) mass is 323 g/mol. The molecule has 2 aliphatic carbocycles. The predicted octanol–water partition coefficient (Wildman–Crippen LogP) is 2.39. The highest BCUT2D eigenvalue weighted by Crippen LogP contribution is 2.32. The number of thiophene rings is 1. The Labute approximate surface area is 135 Å². The molecule has 5 heteroatoms. The molecule has 4 nitrogen and oxygen atoms in total. The van der Waals surface area contributed by atoms with Crippen LogP contribution in [0.2, 0.25) is 0 Å². The Morgan fingerprint density at radius 1 is 1.50 bits per heavy atom. The molecule has 0 radical (unpaired) electrons. The SMILES string of the molecule is CC1CCc2c(C(=O)NCC(O)COCC3CC3)csc2C1. The first kappa shape index (κ1) is 16.0. The van der Waals surface area contributed by atoms with Crippen molar-refractivity contribution in [1.29, 1.82) is 0 Å². The van der Waals surface area contributed by atoms with E-state index in [9.17, 15) is 9.90 Å². The van der Waals surface area contributed by atoms with Crippen LogP contribution in [0.25, 0.3) is 0 Å². The molecule has 1 amide bonds. The van der Waals surface area contributed by atoms with Crippen LogP contribution in [0.5, 0.6) is 0 Å². The summed E-state index contributed by atoms with van der Waals surface area (Å²) >= 11 is 1.69. The van der Waals surface area contributed by atoms with Crippen LogP contribution in [0, 0.1) is 11.8 Å². The molecule has 1 aromatic rings. The van der Waals surface area contributed by atoms with Gasteiger partial charge in [0.15, 0.2) is 0 Å². The maximum Gasteiger partial charge on any atom is 0.252 e. The third-order valence-corrected chi connectivity index (χ3v) is 5.56. The summed E-state index contributed by atoms with van der Waals surface area (Å²) in [5.74, 6) is 1.35. The number of amides is 1. The van der Waals surface area contributed by atoms with E-state index in [-0.39, 0.29) is 12.5 Å². The fourth-order valence-corrected chi connectivity index (χ4v) is 4.13. The molecule has 0 bridgehead atoms. The Morgan fingerprint density at radius 3 is 3.09 bits per heavy atom. The van der Waals surface area contributed by atoms with Gasteiger partial charge in [0, 0.05) is 23.4 Å². The van der Waals surface area contributed by atoms with Crippen LogP contribution in [0.3, 0.4) is 0 Å². The molecule has 1 saturated carbocycles. The highest BCUT2D eigenvalue weighted by Gasteiger charge is 2.24. The van der Waals surface area contributed by atoms with Crippen molar-refractivity contribution in [2.24, 2.45) is 11.8 Å². The zero-order valence-electron chi connectivity index (χ0n) is 13.1. The molecule has 2 N–H and O–H groups in total. The molecule has 0 aromatic carbocycles. The second-order valence-electron chi connectivity index (χ2n) is 6.74. The summed E-state index contributed by atoms with van der Waals surface area (Å²) in [6.07, 6.45) is 5.10. The maximum atomic E-state index is 12.3. The molecular weight excluding hydrogens is 298 g/mol. The Morgan fingerprint density at radius 2 is 2.32 bits per heavy atom. The third-order valence-electron chi connectivity index (χ3n) is 4.51. The molecule has 22 heavy (non-hydrogen) atoms. The number of hydrogen-bond donors (Lipinski definition) is 2. The molecule has 3 rings (SSSR count). The summed E-state index contributed by atoms with van der Waals surface area (Å²) < 4.78 is 5.45. The van der Waals surface area contributed by atoms with Crippen LogP contribution >= 0.6 is 11.3 Å². The zero-order valence-corrected chi connectivity index (χ0v) is 14.0. The molecule has 1 aromatic heterocycles. The minimum Gasteiger partial charge on any atom is -0.389 e. The van der Waals surface area contributed by atoms with Crippen LogP contribution in [-0.4, -0.2) is 36.9 Å². The number of hydrogen-bond acceptors (Lipinski definition) is 4. The average Bonchev–Trinajstić information content (AvgIpc) is 3.22. The van der Waals surface area contributed by atoms with Gasteiger partial charge >= 0.3 is 0 Å². The standard InChI is InChI=1S/C17H25NO3S/c1-11-2-5-14-15(10-22-16(14)6-11)17(20)18-7-13(19)9-21-8-12-3-4-12/h10-13,19H,2-9H2,1H3,(H,18,20). The van der Waals surface area contributed by atoms with E-state index < -0.39 is 6.10 Å². The van der Waals surface area contributed by atoms with E-state index in [4.69, 9.17) is 4.74 Å². The molecule has 0 saturated heterocycles. The Kier molecular flexibility index (Phi) is 5.16. The van der Waals surface area contributed by atoms with Crippen LogP contribution in [0.1, 0.15) is 47.0 Å². The quantitative estimate of drug-likeness (QED) is 0.810. The van der Waals surface area contributed by atoms with E-state index in [1.165, 1.54) is 23.3 Å². The fourth-order valence-electron chi connectivity index (χ4n) is 2.89. The summed E-state index contributed by atoms with van der Waals surface area (Å²) in [6.45, 7) is 3.56. The van der Waals surface area contributed by atoms with Gasteiger partial charge in [0.25, 0.3) is 5.91 Å². The molecular formula is C17H25NO3S. The second-order valence-corrected chi connectivity index (χ2v) is 7.71. The zero-order chi connectivity index (χ0) is 15.5. The first-order chi connectivity index (χ1) is 10.6. The topological polar surface area (TPSA) is 58.6 Å². The lowest BCUT2D eigenvalue weighted by Gasteiger charge is -2.19. The molecule has 1 fully saturated rings. The first-order valence-corrected chi connectivity index (χ1v) is 9.14. The number of rotatable bonds is 7. The molecule has 122 valence electrons. The number of aliphatic hydroxyl groups excluding tert-OH is 1. The van der Waals surface area contributed by atoms with E-state index in [1.54, 1.807) is 11.3 Å². The lowest BCUT2D eigenvalue weighted by atomic mass is 9.88. The fraction of sp³-hybridized carbons (Fsp3) is 0.706. The van der Waals surface area contributed by atoms with Gasteiger partial charge < -0.3 is 15.2 Å². The van der Waals surface area contributed by atoms with E-state index >= 15 is 0 Å². The minimum atomic E-state index is -0.628. The number of carbonyl (C=O) groups is 1. The van der Waals surface area contributed by atoms with Crippen molar-refractivity contribution in [3.8, 4) is 0 Å². The van der Waals surface area contributed by atoms with Gasteiger partial charge in [0.2, 0.25) is 0 Å². The van der Waals surface area contributed by atoms with Crippen molar-refractivity contribution < 1.29 is 14.6 Å². The van der Waals surface area contributed by atoms with Gasteiger partial charge in [-0.05, 0) is 49.5 Å². The lowest BCUT2D eigenvalue weighted by molar-refractivity contribution is 0.0320. The molecule has 2 unspecified atom stereocenters. The van der Waals surface area contributed by atoms with E-state index in [2.05, 4.69) is 12.2 Å². The maximum absolute atomic E-state index is 12.3. The Hall–Kier alpha value is -0.910. The third kappa shape index (κ3) is 4.09. The van der Waals surface area contributed by atoms with Crippen LogP contribution < -0.4 is 5.32 Å². The molecule has 2 atom stereocenters. The number of fused-ring (bicyclic) bond motifs is 1. The highest BCUT2D eigenvalue weighted by atomic mass is 32.1. The predicted molar refractivity (Wildman–Crippen MR) is 87.4 cm³/mol. The highest BCUT2D eigenvalue weighted by molar-refractivity contribution is 7.10.